The van der Waals surface area contributed by atoms with Crippen LogP contribution in [0.1, 0.15) is 21.6 Å². The summed E-state index contributed by atoms with van der Waals surface area (Å²) in [7, 11) is 1.26. The highest BCUT2D eigenvalue weighted by atomic mass is 19.1. The minimum atomic E-state index is -0.578. The number of aryl methyl sites for hydroxylation is 1. The molecule has 0 unspecified atom stereocenters. The molecule has 5 heteroatoms. The van der Waals surface area contributed by atoms with Crippen molar-refractivity contribution in [3.8, 4) is 11.1 Å². The largest absolute Gasteiger partial charge is 0.465 e. The minimum Gasteiger partial charge on any atom is -0.465 e. The molecule has 26 heavy (non-hydrogen) atoms. The second kappa shape index (κ2) is 7.35. The molecule has 1 heterocycles. The fourth-order valence-electron chi connectivity index (χ4n) is 2.90. The molecule has 0 saturated carbocycles. The molecule has 2 aromatic carbocycles. The number of aromatic nitrogens is 1. The summed E-state index contributed by atoms with van der Waals surface area (Å²) in [4.78, 5) is 24.6. The average molecular weight is 351 g/mol. The van der Waals surface area contributed by atoms with Crippen LogP contribution in [0, 0.1) is 12.7 Å². The third-order valence-corrected chi connectivity index (χ3v) is 4.22. The molecule has 0 aliphatic heterocycles. The molecule has 0 spiro atoms. The van der Waals surface area contributed by atoms with E-state index in [1.165, 1.54) is 31.4 Å². The molecule has 0 fully saturated rings. The number of hydrogen-bond donors (Lipinski definition) is 0. The van der Waals surface area contributed by atoms with Crippen molar-refractivity contribution in [2.45, 2.75) is 13.5 Å². The first-order valence-electron chi connectivity index (χ1n) is 8.13. The standard InChI is InChI=1S/C21H18FNO3/c1-14-10-16(19-12-17(22)8-9-18(19)21(25)26-2)11-20(24)23(14)13-15-6-4-3-5-7-15/h3-12H,13H2,1-2H3. The summed E-state index contributed by atoms with van der Waals surface area (Å²) in [6.07, 6.45) is 0. The number of nitrogens with zero attached hydrogens (tertiary/aromatic N) is 1. The zero-order valence-corrected chi connectivity index (χ0v) is 14.5. The molecule has 0 bridgehead atoms. The molecule has 0 aliphatic rings. The van der Waals surface area contributed by atoms with E-state index in [1.54, 1.807) is 10.6 Å². The Morgan fingerprint density at radius 3 is 2.46 bits per heavy atom. The van der Waals surface area contributed by atoms with E-state index < -0.39 is 11.8 Å². The highest BCUT2D eigenvalue weighted by Crippen LogP contribution is 2.25. The van der Waals surface area contributed by atoms with Crippen molar-refractivity contribution in [1.29, 1.82) is 0 Å². The second-order valence-electron chi connectivity index (χ2n) is 5.98. The fourth-order valence-corrected chi connectivity index (χ4v) is 2.90. The molecule has 0 radical (unpaired) electrons. The summed E-state index contributed by atoms with van der Waals surface area (Å²) >= 11 is 0. The third kappa shape index (κ3) is 3.57. The lowest BCUT2D eigenvalue weighted by atomic mass is 9.99. The van der Waals surface area contributed by atoms with Crippen LogP contribution >= 0.6 is 0 Å². The van der Waals surface area contributed by atoms with Crippen molar-refractivity contribution in [3.05, 3.63) is 93.7 Å². The van der Waals surface area contributed by atoms with Crippen LogP contribution in [0.5, 0.6) is 0 Å². The van der Waals surface area contributed by atoms with Gasteiger partial charge in [-0.05, 0) is 47.9 Å². The third-order valence-electron chi connectivity index (χ3n) is 4.22. The summed E-state index contributed by atoms with van der Waals surface area (Å²) < 4.78 is 20.1. The SMILES string of the molecule is COC(=O)c1ccc(F)cc1-c1cc(C)n(Cc2ccccc2)c(=O)c1. The van der Waals surface area contributed by atoms with Crippen LogP contribution in [0.4, 0.5) is 4.39 Å². The van der Waals surface area contributed by atoms with Crippen molar-refractivity contribution >= 4 is 5.97 Å². The molecule has 0 N–H and O–H groups in total. The molecule has 3 aromatic rings. The van der Waals surface area contributed by atoms with E-state index >= 15 is 0 Å². The molecule has 0 aliphatic carbocycles. The number of rotatable bonds is 4. The Hall–Kier alpha value is -3.21. The fraction of sp³-hybridized carbons (Fsp3) is 0.143. The summed E-state index contributed by atoms with van der Waals surface area (Å²) in [5.41, 5.74) is 2.54. The van der Waals surface area contributed by atoms with E-state index in [2.05, 4.69) is 0 Å². The molecule has 3 rings (SSSR count). The first-order chi connectivity index (χ1) is 12.5. The molecule has 4 nitrogen and oxygen atoms in total. The zero-order valence-electron chi connectivity index (χ0n) is 14.5. The van der Waals surface area contributed by atoms with Crippen molar-refractivity contribution in [2.75, 3.05) is 7.11 Å². The number of methoxy groups -OCH3 is 1. The monoisotopic (exact) mass is 351 g/mol. The Morgan fingerprint density at radius 1 is 1.08 bits per heavy atom. The van der Waals surface area contributed by atoms with E-state index in [-0.39, 0.29) is 11.1 Å². The number of esters is 1. The predicted molar refractivity (Wildman–Crippen MR) is 97.7 cm³/mol. The average Bonchev–Trinajstić information content (AvgIpc) is 2.64. The van der Waals surface area contributed by atoms with Gasteiger partial charge in [0, 0.05) is 11.8 Å². The number of ether oxygens (including phenoxy) is 1. The van der Waals surface area contributed by atoms with Crippen molar-refractivity contribution < 1.29 is 13.9 Å². The quantitative estimate of drug-likeness (QED) is 0.672. The zero-order chi connectivity index (χ0) is 18.7. The highest BCUT2D eigenvalue weighted by Gasteiger charge is 2.16. The Morgan fingerprint density at radius 2 is 1.81 bits per heavy atom. The molecule has 132 valence electrons. The number of halogens is 1. The lowest BCUT2D eigenvalue weighted by Crippen LogP contribution is -2.22. The second-order valence-corrected chi connectivity index (χ2v) is 5.98. The van der Waals surface area contributed by atoms with Gasteiger partial charge < -0.3 is 9.30 Å². The van der Waals surface area contributed by atoms with Gasteiger partial charge in [0.2, 0.25) is 0 Å². The van der Waals surface area contributed by atoms with Crippen molar-refractivity contribution in [1.82, 2.24) is 4.57 Å². The Kier molecular flexibility index (Phi) is 4.98. The van der Waals surface area contributed by atoms with Gasteiger partial charge in [0.25, 0.3) is 5.56 Å². The minimum absolute atomic E-state index is 0.216. The summed E-state index contributed by atoms with van der Waals surface area (Å²) in [6, 6.07) is 16.6. The van der Waals surface area contributed by atoms with Gasteiger partial charge in [0.05, 0.1) is 19.2 Å². The smallest absolute Gasteiger partial charge is 0.338 e. The first-order valence-corrected chi connectivity index (χ1v) is 8.13. The molecular formula is C21H18FNO3. The molecular weight excluding hydrogens is 333 g/mol. The van der Waals surface area contributed by atoms with Crippen LogP contribution in [0.3, 0.4) is 0 Å². The van der Waals surface area contributed by atoms with E-state index in [0.717, 1.165) is 11.3 Å². The van der Waals surface area contributed by atoms with Gasteiger partial charge in [-0.1, -0.05) is 30.3 Å². The van der Waals surface area contributed by atoms with E-state index in [9.17, 15) is 14.0 Å². The van der Waals surface area contributed by atoms with Crippen LogP contribution in [0.2, 0.25) is 0 Å². The lowest BCUT2D eigenvalue weighted by Gasteiger charge is -2.13. The maximum atomic E-state index is 13.7. The maximum Gasteiger partial charge on any atom is 0.338 e. The summed E-state index contributed by atoms with van der Waals surface area (Å²) in [5, 5.41) is 0. The number of benzene rings is 2. The Bertz CT molecular complexity index is 1010. The predicted octanol–water partition coefficient (Wildman–Crippen LogP) is 3.80. The normalized spacial score (nSPS) is 10.6. The molecule has 0 amide bonds. The van der Waals surface area contributed by atoms with Gasteiger partial charge >= 0.3 is 5.97 Å². The lowest BCUT2D eigenvalue weighted by molar-refractivity contribution is 0.0601. The Labute approximate surface area is 150 Å². The van der Waals surface area contributed by atoms with Crippen LogP contribution < -0.4 is 5.56 Å². The van der Waals surface area contributed by atoms with Gasteiger partial charge in [-0.2, -0.15) is 0 Å². The van der Waals surface area contributed by atoms with E-state index in [4.69, 9.17) is 4.74 Å². The van der Waals surface area contributed by atoms with Crippen LogP contribution in [-0.2, 0) is 11.3 Å². The maximum absolute atomic E-state index is 13.7. The first kappa shape index (κ1) is 17.6. The van der Waals surface area contributed by atoms with Gasteiger partial charge in [-0.25, -0.2) is 9.18 Å². The van der Waals surface area contributed by atoms with Crippen LogP contribution in [0.15, 0.2) is 65.5 Å². The number of pyridine rings is 1. The van der Waals surface area contributed by atoms with Crippen LogP contribution in [0.25, 0.3) is 11.1 Å². The van der Waals surface area contributed by atoms with Crippen molar-refractivity contribution in [3.63, 3.8) is 0 Å². The number of hydrogen-bond acceptors (Lipinski definition) is 3. The van der Waals surface area contributed by atoms with Gasteiger partial charge in [0.15, 0.2) is 0 Å². The molecule has 1 aromatic heterocycles. The number of carbonyl (C=O) groups excluding carboxylic acids is 1. The summed E-state index contributed by atoms with van der Waals surface area (Å²) in [5.74, 6) is -1.06. The topological polar surface area (TPSA) is 48.3 Å². The van der Waals surface area contributed by atoms with Gasteiger partial charge in [0.1, 0.15) is 5.82 Å². The van der Waals surface area contributed by atoms with Gasteiger partial charge in [-0.3, -0.25) is 4.79 Å². The summed E-state index contributed by atoms with van der Waals surface area (Å²) in [6.45, 7) is 2.25. The Balaban J connectivity index is 2.08. The van der Waals surface area contributed by atoms with Crippen LogP contribution in [-0.4, -0.2) is 17.6 Å². The highest BCUT2D eigenvalue weighted by molar-refractivity contribution is 5.97. The van der Waals surface area contributed by atoms with E-state index in [0.29, 0.717) is 17.7 Å². The molecule has 0 saturated heterocycles. The van der Waals surface area contributed by atoms with Crippen molar-refractivity contribution in [2.24, 2.45) is 0 Å². The molecule has 0 atom stereocenters. The number of carbonyl (C=O) groups is 1. The van der Waals surface area contributed by atoms with Gasteiger partial charge in [-0.15, -0.1) is 0 Å². The van der Waals surface area contributed by atoms with E-state index in [1.807, 2.05) is 37.3 Å².